The first-order chi connectivity index (χ1) is 9.15. The highest BCUT2D eigenvalue weighted by Crippen LogP contribution is 2.42. The van der Waals surface area contributed by atoms with Crippen LogP contribution in [0, 0.1) is 11.6 Å². The van der Waals surface area contributed by atoms with Crippen LogP contribution in [0.2, 0.25) is 0 Å². The summed E-state index contributed by atoms with van der Waals surface area (Å²) in [7, 11) is 0. The Bertz CT molecular complexity index is 612. The minimum absolute atomic E-state index is 0.0965. The van der Waals surface area contributed by atoms with E-state index < -0.39 is 11.6 Å². The first-order valence-corrected chi connectivity index (χ1v) is 6.82. The Morgan fingerprint density at radius 1 is 1.26 bits per heavy atom. The van der Waals surface area contributed by atoms with Gasteiger partial charge < -0.3 is 5.32 Å². The topological polar surface area (TPSA) is 29.1 Å². The second-order valence-electron chi connectivity index (χ2n) is 4.57. The van der Waals surface area contributed by atoms with E-state index in [0.717, 1.165) is 18.6 Å². The zero-order chi connectivity index (χ0) is 13.4. The van der Waals surface area contributed by atoms with Crippen LogP contribution in [0.4, 0.5) is 8.78 Å². The zero-order valence-corrected chi connectivity index (χ0v) is 10.7. The molecule has 0 bridgehead atoms. The molecule has 2 nitrogen and oxygen atoms in total. The Hall–Kier alpha value is -1.75. The second-order valence-corrected chi connectivity index (χ2v) is 5.55. The van der Waals surface area contributed by atoms with Gasteiger partial charge in [0.2, 0.25) is 0 Å². The Balaban J connectivity index is 1.65. The van der Waals surface area contributed by atoms with Crippen molar-refractivity contribution in [3.8, 4) is 0 Å². The summed E-state index contributed by atoms with van der Waals surface area (Å²) in [5.41, 5.74) is 0.149. The van der Waals surface area contributed by atoms with E-state index >= 15 is 0 Å². The van der Waals surface area contributed by atoms with E-state index in [0.29, 0.717) is 5.92 Å². The third-order valence-electron chi connectivity index (χ3n) is 3.20. The first kappa shape index (κ1) is 12.3. The van der Waals surface area contributed by atoms with Gasteiger partial charge in [0, 0.05) is 22.4 Å². The number of rotatable bonds is 3. The van der Waals surface area contributed by atoms with Gasteiger partial charge in [-0.15, -0.1) is 11.3 Å². The average molecular weight is 279 g/mol. The molecule has 1 fully saturated rings. The lowest BCUT2D eigenvalue weighted by molar-refractivity contribution is 0.0950. The molecule has 0 saturated heterocycles. The number of hydrogen-bond donors (Lipinski definition) is 1. The summed E-state index contributed by atoms with van der Waals surface area (Å²) < 4.78 is 25.8. The van der Waals surface area contributed by atoms with Crippen LogP contribution >= 0.6 is 11.3 Å². The number of benzene rings is 1. The molecule has 3 rings (SSSR count). The number of thiophene rings is 1. The molecule has 1 aliphatic carbocycles. The molecule has 1 aromatic carbocycles. The summed E-state index contributed by atoms with van der Waals surface area (Å²) >= 11 is 1.66. The Kier molecular flexibility index (Phi) is 3.06. The van der Waals surface area contributed by atoms with Crippen LogP contribution in [-0.2, 0) is 0 Å². The van der Waals surface area contributed by atoms with Crippen LogP contribution in [0.25, 0.3) is 0 Å². The number of halogens is 2. The van der Waals surface area contributed by atoms with Gasteiger partial charge in [0.15, 0.2) is 11.6 Å². The van der Waals surface area contributed by atoms with Crippen molar-refractivity contribution in [2.75, 3.05) is 0 Å². The second kappa shape index (κ2) is 4.74. The van der Waals surface area contributed by atoms with Gasteiger partial charge in [-0.05, 0) is 36.1 Å². The normalized spacial score (nSPS) is 21.2. The van der Waals surface area contributed by atoms with Crippen molar-refractivity contribution in [3.05, 3.63) is 57.8 Å². The van der Waals surface area contributed by atoms with Crippen LogP contribution in [-0.4, -0.2) is 11.9 Å². The van der Waals surface area contributed by atoms with Gasteiger partial charge >= 0.3 is 0 Å². The largest absolute Gasteiger partial charge is 0.349 e. The monoisotopic (exact) mass is 279 g/mol. The van der Waals surface area contributed by atoms with Crippen molar-refractivity contribution in [1.29, 1.82) is 0 Å². The van der Waals surface area contributed by atoms with Crippen LogP contribution in [0.1, 0.15) is 27.6 Å². The number of nitrogens with one attached hydrogen (secondary N) is 1. The highest BCUT2D eigenvalue weighted by atomic mass is 32.1. The third-order valence-corrected chi connectivity index (χ3v) is 4.20. The third kappa shape index (κ3) is 2.51. The molecule has 2 atom stereocenters. The molecule has 1 amide bonds. The predicted octanol–water partition coefficient (Wildman–Crippen LogP) is 3.31. The number of amides is 1. The Labute approximate surface area is 113 Å². The number of hydrogen-bond acceptors (Lipinski definition) is 2. The van der Waals surface area contributed by atoms with Crippen LogP contribution in [0.5, 0.6) is 0 Å². The Morgan fingerprint density at radius 2 is 2.11 bits per heavy atom. The van der Waals surface area contributed by atoms with E-state index in [9.17, 15) is 13.6 Å². The Morgan fingerprint density at radius 3 is 2.79 bits per heavy atom. The summed E-state index contributed by atoms with van der Waals surface area (Å²) in [6.45, 7) is 0. The minimum atomic E-state index is -1.00. The first-order valence-electron chi connectivity index (χ1n) is 5.94. The highest BCUT2D eigenvalue weighted by Gasteiger charge is 2.40. The van der Waals surface area contributed by atoms with Crippen LogP contribution in [0.15, 0.2) is 35.7 Å². The average Bonchev–Trinajstić information content (AvgIpc) is 2.94. The highest BCUT2D eigenvalue weighted by molar-refractivity contribution is 7.10. The summed E-state index contributed by atoms with van der Waals surface area (Å²) in [5.74, 6) is -1.95. The van der Waals surface area contributed by atoms with Gasteiger partial charge in [0.05, 0.1) is 0 Å². The molecule has 2 unspecified atom stereocenters. The van der Waals surface area contributed by atoms with Crippen molar-refractivity contribution in [1.82, 2.24) is 5.32 Å². The number of carbonyl (C=O) groups excluding carboxylic acids is 1. The molecular weight excluding hydrogens is 268 g/mol. The molecule has 2 aromatic rings. The molecule has 1 saturated carbocycles. The van der Waals surface area contributed by atoms with E-state index in [-0.39, 0.29) is 17.5 Å². The fourth-order valence-electron chi connectivity index (χ4n) is 2.06. The van der Waals surface area contributed by atoms with E-state index in [1.54, 1.807) is 11.3 Å². The van der Waals surface area contributed by atoms with Crippen molar-refractivity contribution in [2.45, 2.75) is 18.4 Å². The lowest BCUT2D eigenvalue weighted by Crippen LogP contribution is -2.26. The van der Waals surface area contributed by atoms with Crippen molar-refractivity contribution in [3.63, 3.8) is 0 Å². The van der Waals surface area contributed by atoms with Crippen molar-refractivity contribution < 1.29 is 13.6 Å². The van der Waals surface area contributed by atoms with Gasteiger partial charge in [-0.25, -0.2) is 8.78 Å². The molecule has 5 heteroatoms. The molecule has 0 spiro atoms. The van der Waals surface area contributed by atoms with Gasteiger partial charge in [-0.1, -0.05) is 6.07 Å². The summed E-state index contributed by atoms with van der Waals surface area (Å²) in [5, 5.41) is 4.84. The van der Waals surface area contributed by atoms with Crippen LogP contribution in [0.3, 0.4) is 0 Å². The zero-order valence-electron chi connectivity index (χ0n) is 9.90. The summed E-state index contributed by atoms with van der Waals surface area (Å²) in [6, 6.07) is 7.29. The lowest BCUT2D eigenvalue weighted by Gasteiger charge is -2.04. The van der Waals surface area contributed by atoms with Gasteiger partial charge in [0.25, 0.3) is 5.91 Å². The maximum Gasteiger partial charge on any atom is 0.251 e. The van der Waals surface area contributed by atoms with Crippen molar-refractivity contribution >= 4 is 17.2 Å². The van der Waals surface area contributed by atoms with E-state index in [1.807, 2.05) is 17.5 Å². The molecule has 1 heterocycles. The van der Waals surface area contributed by atoms with E-state index in [1.165, 1.54) is 10.9 Å². The summed E-state index contributed by atoms with van der Waals surface area (Å²) in [6.07, 6.45) is 0.899. The van der Waals surface area contributed by atoms with E-state index in [2.05, 4.69) is 5.32 Å². The van der Waals surface area contributed by atoms with E-state index in [4.69, 9.17) is 0 Å². The fourth-order valence-corrected chi connectivity index (χ4v) is 2.97. The molecule has 0 radical (unpaired) electrons. The minimum Gasteiger partial charge on any atom is -0.349 e. The molecule has 1 N–H and O–H groups in total. The smallest absolute Gasteiger partial charge is 0.251 e. The molecular formula is C14H11F2NOS. The number of carbonyl (C=O) groups is 1. The van der Waals surface area contributed by atoms with Gasteiger partial charge in [-0.2, -0.15) is 0 Å². The molecule has 98 valence electrons. The SMILES string of the molecule is O=C(NC1CC1c1cccs1)c1ccc(F)c(F)c1. The quantitative estimate of drug-likeness (QED) is 0.917. The van der Waals surface area contributed by atoms with Gasteiger partial charge in [-0.3, -0.25) is 4.79 Å². The standard InChI is InChI=1S/C14H11F2NOS/c15-10-4-3-8(6-11(10)16)14(18)17-12-7-9(12)13-2-1-5-19-13/h1-6,9,12H,7H2,(H,17,18). The lowest BCUT2D eigenvalue weighted by atomic mass is 10.2. The molecule has 1 aliphatic rings. The maximum absolute atomic E-state index is 13.0. The summed E-state index contributed by atoms with van der Waals surface area (Å²) in [4.78, 5) is 13.1. The fraction of sp³-hybridized carbons (Fsp3) is 0.214. The molecule has 19 heavy (non-hydrogen) atoms. The maximum atomic E-state index is 13.0. The molecule has 1 aromatic heterocycles. The predicted molar refractivity (Wildman–Crippen MR) is 69.3 cm³/mol. The van der Waals surface area contributed by atoms with Crippen LogP contribution < -0.4 is 5.32 Å². The molecule has 0 aliphatic heterocycles. The van der Waals surface area contributed by atoms with Gasteiger partial charge in [0.1, 0.15) is 0 Å². The van der Waals surface area contributed by atoms with Crippen molar-refractivity contribution in [2.24, 2.45) is 0 Å².